The zero-order chi connectivity index (χ0) is 11.6. The Labute approximate surface area is 101 Å². The van der Waals surface area contributed by atoms with E-state index in [9.17, 15) is 0 Å². The maximum absolute atomic E-state index is 6.10. The first-order valence-electron chi connectivity index (χ1n) is 7.11. The topological polar surface area (TPSA) is 29.3 Å². The van der Waals surface area contributed by atoms with E-state index in [2.05, 4.69) is 18.9 Å². The molecule has 16 heavy (non-hydrogen) atoms. The van der Waals surface area contributed by atoms with Crippen molar-refractivity contribution >= 4 is 0 Å². The van der Waals surface area contributed by atoms with Crippen molar-refractivity contribution in [1.82, 2.24) is 4.90 Å². The molecule has 2 aliphatic rings. The van der Waals surface area contributed by atoms with Gasteiger partial charge in [0.05, 0.1) is 0 Å². The van der Waals surface area contributed by atoms with Crippen LogP contribution in [-0.2, 0) is 0 Å². The molecule has 94 valence electrons. The van der Waals surface area contributed by atoms with Gasteiger partial charge in [-0.2, -0.15) is 0 Å². The number of nitrogens with two attached hydrogens (primary N) is 1. The summed E-state index contributed by atoms with van der Waals surface area (Å²) in [7, 11) is 2.33. The van der Waals surface area contributed by atoms with E-state index in [4.69, 9.17) is 5.73 Å². The third-order valence-corrected chi connectivity index (χ3v) is 5.08. The second-order valence-corrected chi connectivity index (χ2v) is 6.18. The van der Waals surface area contributed by atoms with Gasteiger partial charge in [-0.15, -0.1) is 0 Å². The fourth-order valence-electron chi connectivity index (χ4n) is 3.87. The second-order valence-electron chi connectivity index (χ2n) is 6.18. The van der Waals surface area contributed by atoms with Gasteiger partial charge in [0.2, 0.25) is 0 Å². The molecule has 0 aromatic carbocycles. The van der Waals surface area contributed by atoms with E-state index >= 15 is 0 Å². The van der Waals surface area contributed by atoms with Crippen molar-refractivity contribution in [3.05, 3.63) is 0 Å². The highest BCUT2D eigenvalue weighted by Gasteiger charge is 2.42. The minimum atomic E-state index is 0.335. The second kappa shape index (κ2) is 5.05. The summed E-state index contributed by atoms with van der Waals surface area (Å²) in [5, 5.41) is 0. The quantitative estimate of drug-likeness (QED) is 0.798. The van der Waals surface area contributed by atoms with Crippen molar-refractivity contribution in [2.24, 2.45) is 11.7 Å². The van der Waals surface area contributed by atoms with E-state index in [0.717, 1.165) is 18.5 Å². The minimum Gasteiger partial charge on any atom is -0.329 e. The molecule has 0 amide bonds. The van der Waals surface area contributed by atoms with Crippen LogP contribution in [0.4, 0.5) is 0 Å². The van der Waals surface area contributed by atoms with Crippen LogP contribution in [0.1, 0.15) is 58.3 Å². The largest absolute Gasteiger partial charge is 0.329 e. The smallest absolute Gasteiger partial charge is 0.0334 e. The summed E-state index contributed by atoms with van der Waals surface area (Å²) < 4.78 is 0. The van der Waals surface area contributed by atoms with Gasteiger partial charge in [-0.3, -0.25) is 4.90 Å². The molecule has 0 heterocycles. The van der Waals surface area contributed by atoms with Crippen molar-refractivity contribution in [3.8, 4) is 0 Å². The summed E-state index contributed by atoms with van der Waals surface area (Å²) in [6, 6.07) is 0.808. The standard InChI is InChI=1S/C14H28N2/c1-12-8-9-14(10-12,11-15)16(2)13-6-4-3-5-7-13/h12-13H,3-11,15H2,1-2H3. The van der Waals surface area contributed by atoms with Crippen molar-refractivity contribution in [3.63, 3.8) is 0 Å². The van der Waals surface area contributed by atoms with Gasteiger partial charge in [0, 0.05) is 18.1 Å². The fraction of sp³-hybridized carbons (Fsp3) is 1.00. The number of nitrogens with zero attached hydrogens (tertiary/aromatic N) is 1. The molecule has 2 unspecified atom stereocenters. The molecule has 0 spiro atoms. The first-order chi connectivity index (χ1) is 7.68. The highest BCUT2D eigenvalue weighted by Crippen LogP contribution is 2.40. The van der Waals surface area contributed by atoms with Crippen LogP contribution in [0.15, 0.2) is 0 Å². The van der Waals surface area contributed by atoms with Gasteiger partial charge in [-0.25, -0.2) is 0 Å². The number of rotatable bonds is 3. The van der Waals surface area contributed by atoms with E-state index < -0.39 is 0 Å². The summed E-state index contributed by atoms with van der Waals surface area (Å²) in [6.45, 7) is 3.23. The Hall–Kier alpha value is -0.0800. The van der Waals surface area contributed by atoms with Crippen LogP contribution in [0.3, 0.4) is 0 Å². The molecule has 0 aliphatic heterocycles. The molecule has 0 aromatic heterocycles. The molecule has 2 nitrogen and oxygen atoms in total. The Morgan fingerprint density at radius 3 is 2.38 bits per heavy atom. The van der Waals surface area contributed by atoms with E-state index in [1.807, 2.05) is 0 Å². The third kappa shape index (κ3) is 2.28. The van der Waals surface area contributed by atoms with Crippen LogP contribution in [0.5, 0.6) is 0 Å². The van der Waals surface area contributed by atoms with Crippen LogP contribution in [0.25, 0.3) is 0 Å². The van der Waals surface area contributed by atoms with Crippen LogP contribution >= 0.6 is 0 Å². The molecule has 0 radical (unpaired) electrons. The van der Waals surface area contributed by atoms with Gasteiger partial charge in [0.25, 0.3) is 0 Å². The molecule has 2 heteroatoms. The van der Waals surface area contributed by atoms with Gasteiger partial charge in [0.1, 0.15) is 0 Å². The van der Waals surface area contributed by atoms with E-state index in [-0.39, 0.29) is 0 Å². The molecular formula is C14H28N2. The molecule has 2 N–H and O–H groups in total. The van der Waals surface area contributed by atoms with E-state index in [1.165, 1.54) is 51.4 Å². The first-order valence-corrected chi connectivity index (χ1v) is 7.11. The molecular weight excluding hydrogens is 196 g/mol. The maximum atomic E-state index is 6.10. The van der Waals surface area contributed by atoms with Gasteiger partial charge < -0.3 is 5.73 Å². The highest BCUT2D eigenvalue weighted by atomic mass is 15.2. The Balaban J connectivity index is 2.02. The van der Waals surface area contributed by atoms with Gasteiger partial charge in [-0.1, -0.05) is 26.2 Å². The van der Waals surface area contributed by atoms with Crippen molar-refractivity contribution in [1.29, 1.82) is 0 Å². The number of likely N-dealkylation sites (N-methyl/N-ethyl adjacent to an activating group) is 1. The number of hydrogen-bond acceptors (Lipinski definition) is 2. The van der Waals surface area contributed by atoms with E-state index in [1.54, 1.807) is 0 Å². The lowest BCUT2D eigenvalue weighted by molar-refractivity contribution is 0.0592. The zero-order valence-corrected chi connectivity index (χ0v) is 11.0. The summed E-state index contributed by atoms with van der Waals surface area (Å²) >= 11 is 0. The van der Waals surface area contributed by atoms with Crippen LogP contribution in [0.2, 0.25) is 0 Å². The summed E-state index contributed by atoms with van der Waals surface area (Å²) in [4.78, 5) is 2.66. The van der Waals surface area contributed by atoms with Crippen LogP contribution in [-0.4, -0.2) is 30.1 Å². The average Bonchev–Trinajstić information content (AvgIpc) is 2.72. The predicted octanol–water partition coefficient (Wildman–Crippen LogP) is 2.77. The van der Waals surface area contributed by atoms with Gasteiger partial charge >= 0.3 is 0 Å². The van der Waals surface area contributed by atoms with E-state index in [0.29, 0.717) is 5.54 Å². The lowest BCUT2D eigenvalue weighted by Gasteiger charge is -2.44. The van der Waals surface area contributed by atoms with Crippen LogP contribution < -0.4 is 5.73 Å². The molecule has 0 aromatic rings. The van der Waals surface area contributed by atoms with Gasteiger partial charge in [0.15, 0.2) is 0 Å². The lowest BCUT2D eigenvalue weighted by Crippen LogP contribution is -2.54. The number of hydrogen-bond donors (Lipinski definition) is 1. The molecule has 0 saturated heterocycles. The Morgan fingerprint density at radius 2 is 1.88 bits per heavy atom. The highest BCUT2D eigenvalue weighted by molar-refractivity contribution is 4.99. The van der Waals surface area contributed by atoms with Crippen LogP contribution in [0, 0.1) is 5.92 Å². The fourth-order valence-corrected chi connectivity index (χ4v) is 3.87. The zero-order valence-electron chi connectivity index (χ0n) is 11.0. The summed E-state index contributed by atoms with van der Waals surface area (Å²) in [6.07, 6.45) is 11.1. The molecule has 2 rings (SSSR count). The Kier molecular flexibility index (Phi) is 3.91. The molecule has 2 aliphatic carbocycles. The molecule has 2 fully saturated rings. The first kappa shape index (κ1) is 12.4. The van der Waals surface area contributed by atoms with Crippen molar-refractivity contribution in [2.75, 3.05) is 13.6 Å². The molecule has 0 bridgehead atoms. The Morgan fingerprint density at radius 1 is 1.19 bits per heavy atom. The normalized spacial score (nSPS) is 37.1. The average molecular weight is 224 g/mol. The summed E-state index contributed by atoms with van der Waals surface area (Å²) in [5.41, 5.74) is 6.43. The maximum Gasteiger partial charge on any atom is 0.0334 e. The minimum absolute atomic E-state index is 0.335. The lowest BCUT2D eigenvalue weighted by atomic mass is 9.87. The Bertz CT molecular complexity index is 223. The summed E-state index contributed by atoms with van der Waals surface area (Å²) in [5.74, 6) is 0.870. The van der Waals surface area contributed by atoms with Crippen molar-refractivity contribution < 1.29 is 0 Å². The molecule has 2 atom stereocenters. The van der Waals surface area contributed by atoms with Gasteiger partial charge in [-0.05, 0) is 45.1 Å². The third-order valence-electron chi connectivity index (χ3n) is 5.08. The predicted molar refractivity (Wildman–Crippen MR) is 69.4 cm³/mol. The SMILES string of the molecule is CC1CCC(CN)(N(C)C2CCCCC2)C1. The molecule has 2 saturated carbocycles. The monoisotopic (exact) mass is 224 g/mol. The van der Waals surface area contributed by atoms with Crippen molar-refractivity contribution in [2.45, 2.75) is 69.9 Å².